The van der Waals surface area contributed by atoms with Crippen LogP contribution in [-0.4, -0.2) is 92.0 Å². The highest BCUT2D eigenvalue weighted by molar-refractivity contribution is 7.90. The number of benzene rings is 2. The molecule has 356 valence electrons. The summed E-state index contributed by atoms with van der Waals surface area (Å²) in [7, 11) is -4.29. The number of rotatable bonds is 16. The van der Waals surface area contributed by atoms with Gasteiger partial charge < -0.3 is 18.3 Å². The maximum atomic E-state index is 13.2. The molecule has 0 bridgehead atoms. The van der Waals surface area contributed by atoms with Crippen LogP contribution in [0.5, 0.6) is 11.5 Å². The molecule has 0 aliphatic heterocycles. The van der Waals surface area contributed by atoms with Gasteiger partial charge in [0, 0.05) is 11.8 Å². The number of ether oxygens (including phenoxy) is 2. The maximum Gasteiger partial charge on any atom is 0.204 e. The number of hydrogen-bond donors (Lipinski definition) is 0. The van der Waals surface area contributed by atoms with E-state index in [1.54, 1.807) is 73.6 Å². The van der Waals surface area contributed by atoms with Crippen molar-refractivity contribution in [1.29, 1.82) is 0 Å². The number of hydrogen-bond acceptors (Lipinski definition) is 16. The Hall–Kier alpha value is -7.20. The van der Waals surface area contributed by atoms with Gasteiger partial charge in [0.2, 0.25) is 11.6 Å². The zero-order chi connectivity index (χ0) is 48.9. The van der Waals surface area contributed by atoms with Gasteiger partial charge in [0.25, 0.3) is 0 Å². The molecule has 0 fully saturated rings. The Kier molecular flexibility index (Phi) is 14.6. The number of aryl methyl sites for hydroxylation is 4. The molecule has 6 heterocycles. The summed E-state index contributed by atoms with van der Waals surface area (Å²) in [6.07, 6.45) is 4.07. The van der Waals surface area contributed by atoms with Crippen LogP contribution < -0.4 is 9.47 Å². The second kappa shape index (κ2) is 20.3. The van der Waals surface area contributed by atoms with Gasteiger partial charge in [-0.2, -0.15) is 0 Å². The first-order chi connectivity index (χ1) is 32.4. The second-order valence-corrected chi connectivity index (χ2v) is 20.3. The smallest absolute Gasteiger partial charge is 0.204 e. The van der Waals surface area contributed by atoms with E-state index in [0.717, 1.165) is 35.9 Å². The van der Waals surface area contributed by atoms with Crippen molar-refractivity contribution in [3.8, 4) is 46.0 Å². The molecule has 0 radical (unpaired) electrons. The number of sulfone groups is 2. The van der Waals surface area contributed by atoms with Crippen molar-refractivity contribution in [1.82, 2.24) is 49.5 Å². The quantitative estimate of drug-likeness (QED) is 0.0908. The highest BCUT2D eigenvalue weighted by atomic mass is 32.2. The van der Waals surface area contributed by atoms with Gasteiger partial charge in [-0.3, -0.25) is 9.13 Å². The monoisotopic (exact) mass is 970 g/mol. The maximum absolute atomic E-state index is 13.2. The van der Waals surface area contributed by atoms with E-state index < -0.39 is 43.1 Å². The minimum absolute atomic E-state index is 0.212. The van der Waals surface area contributed by atoms with E-state index in [2.05, 4.69) is 40.3 Å². The Morgan fingerprint density at radius 1 is 0.559 bits per heavy atom. The minimum atomic E-state index is -3.69. The van der Waals surface area contributed by atoms with Gasteiger partial charge in [-0.1, -0.05) is 38.1 Å². The van der Waals surface area contributed by atoms with Crippen LogP contribution in [0.25, 0.3) is 34.5 Å². The Labute approximate surface area is 391 Å². The molecule has 0 amide bonds. The molecule has 8 rings (SSSR count). The van der Waals surface area contributed by atoms with Crippen LogP contribution in [0.4, 0.5) is 8.78 Å². The van der Waals surface area contributed by atoms with Crippen LogP contribution in [0.3, 0.4) is 0 Å². The molecule has 0 N–H and O–H groups in total. The molecule has 68 heavy (non-hydrogen) atoms. The van der Waals surface area contributed by atoms with E-state index in [1.807, 2.05) is 52.0 Å². The third kappa shape index (κ3) is 11.1. The van der Waals surface area contributed by atoms with Crippen LogP contribution in [0.2, 0.25) is 0 Å². The molecule has 0 spiro atoms. The minimum Gasteiger partial charge on any atom is -0.495 e. The lowest BCUT2D eigenvalue weighted by Gasteiger charge is -2.16. The second-order valence-electron chi connectivity index (χ2n) is 16.1. The van der Waals surface area contributed by atoms with Gasteiger partial charge in [0.15, 0.2) is 54.5 Å². The number of methoxy groups -OCH3 is 2. The normalized spacial score (nSPS) is 12.6. The van der Waals surface area contributed by atoms with Crippen molar-refractivity contribution in [2.75, 3.05) is 25.7 Å². The van der Waals surface area contributed by atoms with E-state index in [9.17, 15) is 25.6 Å². The lowest BCUT2D eigenvalue weighted by atomic mass is 10.1. The first-order valence-electron chi connectivity index (χ1n) is 21.0. The van der Waals surface area contributed by atoms with Crippen molar-refractivity contribution in [3.05, 3.63) is 143 Å². The Morgan fingerprint density at radius 2 is 0.926 bits per heavy atom. The van der Waals surface area contributed by atoms with Crippen LogP contribution in [0.15, 0.2) is 94.3 Å². The number of para-hydroxylation sites is 2. The zero-order valence-corrected chi connectivity index (χ0v) is 40.0. The summed E-state index contributed by atoms with van der Waals surface area (Å²) < 4.78 is 105. The topological polar surface area (TPSA) is 226 Å². The van der Waals surface area contributed by atoms with Crippen molar-refractivity contribution in [2.45, 2.75) is 64.9 Å². The van der Waals surface area contributed by atoms with Crippen LogP contribution in [0.1, 0.15) is 71.6 Å². The largest absolute Gasteiger partial charge is 0.495 e. The third-order valence-electron chi connectivity index (χ3n) is 10.5. The van der Waals surface area contributed by atoms with E-state index in [-0.39, 0.29) is 46.3 Å². The van der Waals surface area contributed by atoms with Crippen LogP contribution in [0, 0.1) is 39.3 Å². The number of aromatic nitrogens is 10. The molecule has 2 aromatic carbocycles. The van der Waals surface area contributed by atoms with Crippen molar-refractivity contribution in [2.24, 2.45) is 0 Å². The summed E-state index contributed by atoms with van der Waals surface area (Å²) in [5, 5.41) is 16.9. The average molecular weight is 971 g/mol. The summed E-state index contributed by atoms with van der Waals surface area (Å²) >= 11 is 0. The summed E-state index contributed by atoms with van der Waals surface area (Å²) in [6.45, 7) is 10.8. The number of furan rings is 2. The predicted molar refractivity (Wildman–Crippen MR) is 246 cm³/mol. The predicted octanol–water partition coefficient (Wildman–Crippen LogP) is 7.60. The van der Waals surface area contributed by atoms with E-state index >= 15 is 0 Å². The molecule has 22 heteroatoms. The third-order valence-corrected chi connectivity index (χ3v) is 13.9. The van der Waals surface area contributed by atoms with Crippen molar-refractivity contribution < 1.29 is 43.9 Å². The van der Waals surface area contributed by atoms with Gasteiger partial charge in [-0.15, -0.1) is 20.4 Å². The molecular weight excluding hydrogens is 923 g/mol. The molecule has 0 saturated carbocycles. The molecule has 2 atom stereocenters. The Balaban J connectivity index is 0.000000201. The van der Waals surface area contributed by atoms with Crippen LogP contribution in [-0.2, 0) is 31.2 Å². The molecule has 6 aromatic heterocycles. The van der Waals surface area contributed by atoms with Crippen molar-refractivity contribution in [3.63, 3.8) is 0 Å². The molecule has 18 nitrogen and oxygen atoms in total. The summed E-state index contributed by atoms with van der Waals surface area (Å²) in [5.74, 6) is 1.48. The SMILES string of the molecule is COc1cccc(C)c1-n1c(CS(=O)(=O)C[C@@H](C)c2ncc(F)cn2)nnc1-c1ccc(C)o1.COc1cccc(C)c1-n1c(CS(=O)(=O)C[C@H](C)c2ncc(F)cn2)nnc1-c1ccc(C)o1. The summed E-state index contributed by atoms with van der Waals surface area (Å²) in [6, 6.07) is 18.1. The highest BCUT2D eigenvalue weighted by Gasteiger charge is 2.29. The highest BCUT2D eigenvalue weighted by Crippen LogP contribution is 2.35. The van der Waals surface area contributed by atoms with Gasteiger partial charge >= 0.3 is 0 Å². The van der Waals surface area contributed by atoms with Crippen molar-refractivity contribution >= 4 is 19.7 Å². The first kappa shape index (κ1) is 48.7. The summed E-state index contributed by atoms with van der Waals surface area (Å²) in [4.78, 5) is 15.6. The fourth-order valence-electron chi connectivity index (χ4n) is 7.46. The molecule has 0 unspecified atom stereocenters. The van der Waals surface area contributed by atoms with E-state index in [1.165, 1.54) is 0 Å². The fourth-order valence-corrected chi connectivity index (χ4v) is 10.7. The Bertz CT molecular complexity index is 3040. The van der Waals surface area contributed by atoms with Gasteiger partial charge in [0.05, 0.1) is 61.9 Å². The lowest BCUT2D eigenvalue weighted by molar-refractivity contribution is 0.412. The molecule has 0 aliphatic rings. The standard InChI is InChI=1S/2C23H24FN5O4S/c2*1-14-6-5-7-18(32-4)21(14)29-20(27-28-23(29)19-9-8-16(3)33-19)13-34(30,31)12-15(2)22-25-10-17(24)11-26-22/h2*5-11,15H,12-13H2,1-4H3/t2*15-/m10/s1. The van der Waals surface area contributed by atoms with Gasteiger partial charge in [-0.25, -0.2) is 45.6 Å². The Morgan fingerprint density at radius 3 is 1.25 bits per heavy atom. The van der Waals surface area contributed by atoms with Gasteiger partial charge in [-0.05, 0) is 75.2 Å². The fraction of sp³-hybridized carbons (Fsp3) is 0.304. The molecule has 0 aliphatic carbocycles. The van der Waals surface area contributed by atoms with E-state index in [0.29, 0.717) is 57.6 Å². The van der Waals surface area contributed by atoms with E-state index in [4.69, 9.17) is 18.3 Å². The lowest BCUT2D eigenvalue weighted by Crippen LogP contribution is -2.19. The van der Waals surface area contributed by atoms with Crippen LogP contribution >= 0.6 is 0 Å². The molecule has 0 saturated heterocycles. The molecular formula is C46H48F2N10O8S2. The number of nitrogens with zero attached hydrogens (tertiary/aromatic N) is 10. The average Bonchev–Trinajstić information content (AvgIpc) is 4.11. The van der Waals surface area contributed by atoms with Gasteiger partial charge in [0.1, 0.15) is 46.2 Å². The molecule has 8 aromatic rings. The summed E-state index contributed by atoms with van der Waals surface area (Å²) in [5.41, 5.74) is 2.93. The number of halogens is 2. The first-order valence-corrected chi connectivity index (χ1v) is 24.7. The zero-order valence-electron chi connectivity index (χ0n) is 38.4.